The molecule has 5 aliphatic heterocycles. The van der Waals surface area contributed by atoms with E-state index in [0.29, 0.717) is 49.2 Å². The fourth-order valence-electron chi connectivity index (χ4n) is 12.7. The molecule has 2 aromatic heterocycles. The molecule has 6 N–H and O–H groups in total. The number of carbonyl (C=O) groups excluding carboxylic acids is 5. The number of hydrogen-bond donors (Lipinski definition) is 6. The van der Waals surface area contributed by atoms with Crippen LogP contribution in [-0.4, -0.2) is 141 Å². The van der Waals surface area contributed by atoms with Gasteiger partial charge in [-0.1, -0.05) is 45.9 Å². The highest BCUT2D eigenvalue weighted by Crippen LogP contribution is 2.50. The van der Waals surface area contributed by atoms with Gasteiger partial charge in [-0.05, 0) is 94.5 Å². The number of carbonyl (C=O) groups is 6. The number of ether oxygens (including phenoxy) is 4. The third kappa shape index (κ3) is 10.9. The van der Waals surface area contributed by atoms with Crippen molar-refractivity contribution < 1.29 is 72.5 Å². The summed E-state index contributed by atoms with van der Waals surface area (Å²) in [5, 5.41) is 51.1. The maximum absolute atomic E-state index is 16.1. The highest BCUT2D eigenvalue weighted by atomic mass is 19.1. The predicted octanol–water partition coefficient (Wildman–Crippen LogP) is 6.17. The van der Waals surface area contributed by atoms with Crippen molar-refractivity contribution in [2.45, 2.75) is 137 Å². The number of nitrogens with zero attached hydrogens (tertiary/aromatic N) is 3. The van der Waals surface area contributed by atoms with Crippen molar-refractivity contribution in [3.05, 3.63) is 115 Å². The number of anilines is 1. The van der Waals surface area contributed by atoms with E-state index in [2.05, 4.69) is 10.6 Å². The normalized spacial score (nSPS) is 30.0. The molecule has 82 heavy (non-hydrogen) atoms. The number of Topliss-reactive ketones (excluding diaryl/α,β-unsaturated/α-hetero) is 3. The van der Waals surface area contributed by atoms with Gasteiger partial charge >= 0.3 is 17.7 Å². The first-order valence-electron chi connectivity index (χ1n) is 28.2. The van der Waals surface area contributed by atoms with Gasteiger partial charge in [-0.25, -0.2) is 9.18 Å². The fourth-order valence-corrected chi connectivity index (χ4v) is 12.7. The number of allylic oxidation sites excluding steroid dienone is 4. The minimum Gasteiger partial charge on any atom is -0.507 e. The lowest BCUT2D eigenvalue weighted by atomic mass is 9.78. The summed E-state index contributed by atoms with van der Waals surface area (Å²) in [6.07, 6.45) is 7.74. The van der Waals surface area contributed by atoms with E-state index >= 15 is 14.0 Å². The largest absolute Gasteiger partial charge is 0.507 e. The van der Waals surface area contributed by atoms with E-state index in [4.69, 9.17) is 18.9 Å². The van der Waals surface area contributed by atoms with Gasteiger partial charge in [0.25, 0.3) is 17.2 Å². The van der Waals surface area contributed by atoms with Crippen LogP contribution in [0.4, 0.5) is 10.1 Å². The minimum atomic E-state index is -2.14. The minimum absolute atomic E-state index is 0.0310. The van der Waals surface area contributed by atoms with Gasteiger partial charge < -0.3 is 59.8 Å². The monoisotopic (exact) mass is 1140 g/mol. The Morgan fingerprint density at radius 1 is 0.878 bits per heavy atom. The van der Waals surface area contributed by atoms with Crippen LogP contribution in [0.2, 0.25) is 0 Å². The number of aryl methyl sites for hydroxylation is 1. The summed E-state index contributed by atoms with van der Waals surface area (Å²) in [7, 11) is 1.42. The van der Waals surface area contributed by atoms with Gasteiger partial charge in [0.1, 0.15) is 34.6 Å². The number of halogens is 1. The van der Waals surface area contributed by atoms with Crippen molar-refractivity contribution in [3.8, 4) is 11.5 Å². The van der Waals surface area contributed by atoms with Gasteiger partial charge in [-0.3, -0.25) is 33.2 Å². The molecule has 7 heterocycles. The molecule has 1 amide bonds. The zero-order chi connectivity index (χ0) is 59.5. The van der Waals surface area contributed by atoms with E-state index < -0.39 is 129 Å². The van der Waals surface area contributed by atoms with E-state index in [1.54, 1.807) is 51.7 Å². The van der Waals surface area contributed by atoms with E-state index in [-0.39, 0.29) is 59.1 Å². The fraction of sp³-hybridized carbons (Fsp3) is 0.525. The maximum atomic E-state index is 16.1. The maximum Gasteiger partial charge on any atom is 0.341 e. The number of aliphatic hydroxyl groups is 2. The number of esters is 1. The summed E-state index contributed by atoms with van der Waals surface area (Å²) in [5.74, 6) is -11.3. The van der Waals surface area contributed by atoms with Crippen molar-refractivity contribution in [2.24, 2.45) is 29.6 Å². The molecular formula is C61H74FN5O15. The number of carboxylic acids is 1. The third-order valence-corrected chi connectivity index (χ3v) is 17.7. The van der Waals surface area contributed by atoms with Crippen molar-refractivity contribution in [2.75, 3.05) is 44.7 Å². The summed E-state index contributed by atoms with van der Waals surface area (Å²) < 4.78 is 41.1. The lowest BCUT2D eigenvalue weighted by Gasteiger charge is -2.38. The molecule has 1 aromatic carbocycles. The number of benzene rings is 1. The lowest BCUT2D eigenvalue weighted by Crippen LogP contribution is -2.47. The van der Waals surface area contributed by atoms with Crippen molar-refractivity contribution in [3.63, 3.8) is 0 Å². The Hall–Kier alpha value is -7.20. The number of phenolic OH excluding ortho intramolecular Hbond substituents is 1. The van der Waals surface area contributed by atoms with Crippen LogP contribution in [0.25, 0.3) is 5.52 Å². The highest BCUT2D eigenvalue weighted by Gasteiger charge is 2.53. The Kier molecular flexibility index (Phi) is 16.8. The molecule has 10 atom stereocenters. The molecule has 3 fully saturated rings. The van der Waals surface area contributed by atoms with Crippen LogP contribution in [0.15, 0.2) is 64.6 Å². The number of aliphatic hydroxyl groups excluding tert-OH is 2. The first-order chi connectivity index (χ1) is 38.8. The van der Waals surface area contributed by atoms with Crippen molar-refractivity contribution in [1.29, 1.82) is 0 Å². The second kappa shape index (κ2) is 23.2. The van der Waals surface area contributed by atoms with Gasteiger partial charge in [0, 0.05) is 88.0 Å². The second-order valence-electron chi connectivity index (χ2n) is 23.4. The molecule has 10 rings (SSSR count). The Labute approximate surface area is 474 Å². The molecule has 1 saturated carbocycles. The quantitative estimate of drug-likeness (QED) is 0.131. The molecule has 21 heteroatoms. The zero-order valence-electron chi connectivity index (χ0n) is 48.0. The van der Waals surface area contributed by atoms with Gasteiger partial charge in [0.2, 0.25) is 11.6 Å². The van der Waals surface area contributed by atoms with Gasteiger partial charge in [-0.15, -0.1) is 0 Å². The Bertz CT molecular complexity index is 3330. The number of pyridine rings is 2. The van der Waals surface area contributed by atoms with E-state index in [1.807, 2.05) is 4.90 Å². The zero-order valence-corrected chi connectivity index (χ0v) is 48.0. The number of methoxy groups -OCH3 is 1. The summed E-state index contributed by atoms with van der Waals surface area (Å²) in [6, 6.07) is 1.38. The smallest absolute Gasteiger partial charge is 0.341 e. The highest BCUT2D eigenvalue weighted by molar-refractivity contribution is 6.32. The van der Waals surface area contributed by atoms with Crippen LogP contribution < -0.4 is 25.8 Å². The first-order valence-corrected chi connectivity index (χ1v) is 28.2. The molecule has 440 valence electrons. The molecule has 0 spiro atoms. The molecule has 5 bridgehead atoms. The van der Waals surface area contributed by atoms with Crippen LogP contribution in [0, 0.1) is 49.3 Å². The van der Waals surface area contributed by atoms with Crippen LogP contribution in [0.5, 0.6) is 11.5 Å². The third-order valence-electron chi connectivity index (χ3n) is 17.7. The molecule has 0 unspecified atom stereocenters. The van der Waals surface area contributed by atoms with Crippen molar-refractivity contribution in [1.82, 2.24) is 19.9 Å². The Balaban J connectivity index is 0.989. The molecule has 20 nitrogen and oxygen atoms in total. The van der Waals surface area contributed by atoms with Gasteiger partial charge in [0.15, 0.2) is 5.82 Å². The lowest BCUT2D eigenvalue weighted by molar-refractivity contribution is -0.160. The average molecular weight is 1140 g/mol. The molecule has 3 aromatic rings. The van der Waals surface area contributed by atoms with E-state index in [1.165, 1.54) is 59.3 Å². The molecule has 2 aliphatic carbocycles. The number of fused-ring (bicyclic) bond motifs is 15. The summed E-state index contributed by atoms with van der Waals surface area (Å²) >= 11 is 0. The molecule has 7 aliphatic rings. The average Bonchev–Trinajstić information content (AvgIpc) is 1.70. The number of aromatic nitrogens is 1. The molecular weight excluding hydrogens is 1060 g/mol. The molecule has 0 radical (unpaired) electrons. The summed E-state index contributed by atoms with van der Waals surface area (Å²) in [6.45, 7) is 16.2. The van der Waals surface area contributed by atoms with Gasteiger partial charge in [-0.2, -0.15) is 0 Å². The van der Waals surface area contributed by atoms with Gasteiger partial charge in [0.05, 0.1) is 58.7 Å². The van der Waals surface area contributed by atoms with Crippen molar-refractivity contribution >= 4 is 46.4 Å². The standard InChI is InChI=1S/C61H74FN5O15/c1-28-12-11-13-29(2)58(75)64-46-49(65-21-17-38(18-22-65)63-25-36-16-20-66(26-36)48-31(4)47-39(37-14-15-37)24-40(60(77)78)59(76)67(47)27-41(48)62)54(73)43-44(53(46)72)52(71)34(7)56-45(43)57(74)61(9,82-56)80-23-19-42(79-10)30(3)55(81-35(8)68)33(6)51(70)32(5)50(28)69/h11-13,19,23-24,27-28,30,32-33,36-38,42,50-51,55,63,69-71H,14-18,20-22,25-26H2,1-10H3,(H,64,75)(H,77,78)/b12-11+,23-19+,29-13-/t28-,30-,32-,33-,36+,42+,50+,51+,55+,61+/m1/s1. The Morgan fingerprint density at radius 3 is 2.21 bits per heavy atom. The number of aromatic hydroxyl groups is 1. The number of aromatic carboxylic acids is 1. The number of rotatable bonds is 9. The number of nitrogens with one attached hydrogen (secondary N) is 2. The van der Waals surface area contributed by atoms with E-state index in [0.717, 1.165) is 35.4 Å². The summed E-state index contributed by atoms with van der Waals surface area (Å²) in [5.41, 5.74) is -0.634. The number of ketones is 3. The summed E-state index contributed by atoms with van der Waals surface area (Å²) in [4.78, 5) is 101. The van der Waals surface area contributed by atoms with E-state index in [9.17, 15) is 44.4 Å². The number of amides is 1. The van der Waals surface area contributed by atoms with Crippen LogP contribution in [0.3, 0.4) is 0 Å². The number of carboxylic acid groups (broad SMARTS) is 1. The number of hydrogen-bond acceptors (Lipinski definition) is 17. The SMILES string of the molecule is CO[C@H]1/C=C/O[C@@]2(C)Oc3c(C)c(O)c4c(c3C2=O)C(=O)C(N2CCC(NC[C@@H]3CCN(c5c(F)cn6c(=O)c(C(=O)O)cc(C7CC7)c6c5C)C3)CC2)=C(NC(=O)/C(C)=C\C=C\[C@@H](C)[C@H](O)[C@@H](C)[C@H](O)[C@@H](C)[C@@H](OC(C)=O)[C@@H]1C)C4=O. The number of piperidine rings is 1. The van der Waals surface area contributed by atoms with Crippen LogP contribution in [0.1, 0.15) is 145 Å². The molecule has 2 saturated heterocycles. The topological polar surface area (TPSA) is 272 Å². The Morgan fingerprint density at radius 2 is 1.56 bits per heavy atom. The second-order valence-corrected chi connectivity index (χ2v) is 23.4. The van der Waals surface area contributed by atoms with Crippen LogP contribution >= 0.6 is 0 Å². The first kappa shape index (κ1) is 59.4. The predicted molar refractivity (Wildman–Crippen MR) is 298 cm³/mol. The van der Waals surface area contributed by atoms with Crippen LogP contribution in [-0.2, 0) is 23.8 Å². The number of likely N-dealkylation sites (tertiary alicyclic amines) is 1. The number of phenols is 1.